The number of carbonyl (C=O) groups is 1. The van der Waals surface area contributed by atoms with Crippen LogP contribution in [0.1, 0.15) is 22.9 Å². The minimum absolute atomic E-state index is 0.00295. The minimum Gasteiger partial charge on any atom is -0.396 e. The van der Waals surface area contributed by atoms with Crippen LogP contribution in [-0.2, 0) is 24.3 Å². The third kappa shape index (κ3) is 4.10. The number of aliphatic hydroxyl groups is 1. The van der Waals surface area contributed by atoms with E-state index >= 15 is 0 Å². The molecule has 3 aromatic rings. The lowest BCUT2D eigenvalue weighted by atomic mass is 9.88. The Bertz CT molecular complexity index is 1160. The normalized spacial score (nSPS) is 23.8. The second kappa shape index (κ2) is 9.29. The molecule has 1 fully saturated rings. The molecular weight excluding hydrogens is 416 g/mol. The van der Waals surface area contributed by atoms with E-state index < -0.39 is 6.04 Å². The van der Waals surface area contributed by atoms with E-state index in [9.17, 15) is 14.7 Å². The van der Waals surface area contributed by atoms with E-state index in [0.717, 1.165) is 17.7 Å². The summed E-state index contributed by atoms with van der Waals surface area (Å²) in [6, 6.07) is 18.7. The number of carbonyl (C=O) groups excluding carboxylic acids is 1. The lowest BCUT2D eigenvalue weighted by Crippen LogP contribution is -2.48. The molecule has 7 nitrogen and oxygen atoms in total. The van der Waals surface area contributed by atoms with E-state index in [1.807, 2.05) is 48.5 Å². The summed E-state index contributed by atoms with van der Waals surface area (Å²) in [5.41, 5.74) is 3.09. The van der Waals surface area contributed by atoms with Gasteiger partial charge in [0, 0.05) is 62.2 Å². The van der Waals surface area contributed by atoms with Crippen LogP contribution in [0.4, 0.5) is 0 Å². The number of pyridine rings is 2. The monoisotopic (exact) mass is 444 g/mol. The van der Waals surface area contributed by atoms with Crippen LogP contribution < -0.4 is 10.9 Å². The number of nitrogens with one attached hydrogen (secondary N) is 1. The Morgan fingerprint density at radius 1 is 1.03 bits per heavy atom. The molecule has 2 aliphatic rings. The molecule has 170 valence electrons. The first-order chi connectivity index (χ1) is 16.2. The van der Waals surface area contributed by atoms with Crippen molar-refractivity contribution in [2.24, 2.45) is 11.8 Å². The van der Waals surface area contributed by atoms with Crippen molar-refractivity contribution in [3.8, 4) is 0 Å². The summed E-state index contributed by atoms with van der Waals surface area (Å²) >= 11 is 0. The van der Waals surface area contributed by atoms with Crippen LogP contribution in [-0.4, -0.2) is 44.7 Å². The topological polar surface area (TPSA) is 87.5 Å². The maximum Gasteiger partial charge on any atom is 0.250 e. The number of fused-ring (bicyclic) bond motifs is 3. The molecule has 0 radical (unpaired) electrons. The average molecular weight is 445 g/mol. The van der Waals surface area contributed by atoms with Crippen LogP contribution in [0.2, 0.25) is 0 Å². The second-order valence-corrected chi connectivity index (χ2v) is 8.85. The van der Waals surface area contributed by atoms with Gasteiger partial charge in [0.25, 0.3) is 5.56 Å². The largest absolute Gasteiger partial charge is 0.396 e. The molecule has 2 aromatic heterocycles. The number of aliphatic hydroxyl groups excluding tert-OH is 1. The van der Waals surface area contributed by atoms with Gasteiger partial charge in [0.2, 0.25) is 5.91 Å². The highest BCUT2D eigenvalue weighted by Gasteiger charge is 2.55. The fourth-order valence-electron chi connectivity index (χ4n) is 5.51. The highest BCUT2D eigenvalue weighted by atomic mass is 16.3. The third-order valence-electron chi connectivity index (χ3n) is 7.01. The van der Waals surface area contributed by atoms with E-state index in [4.69, 9.17) is 0 Å². The number of amides is 1. The molecule has 2 aliphatic heterocycles. The Kier molecular flexibility index (Phi) is 6.07. The Hall–Kier alpha value is -3.29. The molecule has 0 spiro atoms. The zero-order valence-electron chi connectivity index (χ0n) is 18.4. The molecule has 5 rings (SSSR count). The van der Waals surface area contributed by atoms with E-state index in [1.54, 1.807) is 29.1 Å². The van der Waals surface area contributed by atoms with Crippen LogP contribution in [0.3, 0.4) is 0 Å². The molecule has 2 N–H and O–H groups in total. The van der Waals surface area contributed by atoms with Gasteiger partial charge >= 0.3 is 0 Å². The molecule has 0 saturated carbocycles. The van der Waals surface area contributed by atoms with Gasteiger partial charge in [-0.25, -0.2) is 0 Å². The number of aromatic nitrogens is 2. The van der Waals surface area contributed by atoms with Crippen molar-refractivity contribution in [3.05, 3.63) is 100 Å². The van der Waals surface area contributed by atoms with Gasteiger partial charge in [0.05, 0.1) is 12.1 Å². The summed E-state index contributed by atoms with van der Waals surface area (Å²) in [5.74, 6) is -0.331. The maximum atomic E-state index is 13.5. The predicted octanol–water partition coefficient (Wildman–Crippen LogP) is 1.77. The van der Waals surface area contributed by atoms with Gasteiger partial charge in [-0.1, -0.05) is 36.4 Å². The first-order valence-electron chi connectivity index (χ1n) is 11.4. The third-order valence-corrected chi connectivity index (χ3v) is 7.01. The van der Waals surface area contributed by atoms with Crippen molar-refractivity contribution in [3.63, 3.8) is 0 Å². The van der Waals surface area contributed by atoms with Crippen LogP contribution in [0.25, 0.3) is 0 Å². The van der Waals surface area contributed by atoms with Gasteiger partial charge in [-0.05, 0) is 35.7 Å². The molecule has 0 aliphatic carbocycles. The van der Waals surface area contributed by atoms with Gasteiger partial charge in [-0.2, -0.15) is 0 Å². The van der Waals surface area contributed by atoms with Gasteiger partial charge in [-0.15, -0.1) is 0 Å². The maximum absolute atomic E-state index is 13.5. The minimum atomic E-state index is -0.474. The molecule has 1 amide bonds. The lowest BCUT2D eigenvalue weighted by Gasteiger charge is -2.30. The van der Waals surface area contributed by atoms with Crippen molar-refractivity contribution >= 4 is 5.91 Å². The summed E-state index contributed by atoms with van der Waals surface area (Å²) in [6.07, 6.45) is 4.24. The summed E-state index contributed by atoms with van der Waals surface area (Å²) in [7, 11) is 0. The molecule has 7 heteroatoms. The van der Waals surface area contributed by atoms with Crippen molar-refractivity contribution in [2.45, 2.75) is 31.6 Å². The standard InChI is InChI=1S/C26H28N4O3/c31-17-21-20-16-29-22(7-4-8-23(29)32)24(20)30(15-19-9-12-27-13-10-19)25(21)26(33)28-14-11-18-5-2-1-3-6-18/h1-10,12-13,20-21,24-25,31H,11,14-17H2,(H,28,33)/t20-,21-,24+,25-/m1/s1. The van der Waals surface area contributed by atoms with E-state index in [2.05, 4.69) is 15.2 Å². The zero-order valence-corrected chi connectivity index (χ0v) is 18.4. The number of nitrogens with zero attached hydrogens (tertiary/aromatic N) is 3. The van der Waals surface area contributed by atoms with E-state index in [1.165, 1.54) is 5.56 Å². The summed E-state index contributed by atoms with van der Waals surface area (Å²) < 4.78 is 1.79. The molecule has 4 heterocycles. The molecule has 33 heavy (non-hydrogen) atoms. The number of hydrogen-bond donors (Lipinski definition) is 2. The van der Waals surface area contributed by atoms with Gasteiger partial charge in [0.15, 0.2) is 0 Å². The lowest BCUT2D eigenvalue weighted by molar-refractivity contribution is -0.127. The van der Waals surface area contributed by atoms with Gasteiger partial charge in [-0.3, -0.25) is 19.5 Å². The molecule has 1 aromatic carbocycles. The molecule has 0 bridgehead atoms. The summed E-state index contributed by atoms with van der Waals surface area (Å²) in [5, 5.41) is 13.5. The van der Waals surface area contributed by atoms with Crippen molar-refractivity contribution in [1.29, 1.82) is 0 Å². The van der Waals surface area contributed by atoms with Crippen LogP contribution >= 0.6 is 0 Å². The number of hydrogen-bond acceptors (Lipinski definition) is 5. The number of benzene rings is 1. The summed E-state index contributed by atoms with van der Waals surface area (Å²) in [6.45, 7) is 1.49. The van der Waals surface area contributed by atoms with Crippen LogP contribution in [0.5, 0.6) is 0 Å². The van der Waals surface area contributed by atoms with Crippen molar-refractivity contribution in [2.75, 3.05) is 13.2 Å². The average Bonchev–Trinajstić information content (AvgIpc) is 3.36. The predicted molar refractivity (Wildman–Crippen MR) is 124 cm³/mol. The fourth-order valence-corrected chi connectivity index (χ4v) is 5.51. The number of likely N-dealkylation sites (tertiary alicyclic amines) is 1. The van der Waals surface area contributed by atoms with Crippen molar-refractivity contribution in [1.82, 2.24) is 19.8 Å². The fraction of sp³-hybridized carbons (Fsp3) is 0.346. The SMILES string of the molecule is O=C(NCCc1ccccc1)[C@H]1[C@H](CO)[C@H]2Cn3c(cccc3=O)[C@H]2N1Cc1ccncc1. The smallest absolute Gasteiger partial charge is 0.250 e. The van der Waals surface area contributed by atoms with E-state index in [-0.39, 0.29) is 36.0 Å². The highest BCUT2D eigenvalue weighted by molar-refractivity contribution is 5.82. The Labute approximate surface area is 192 Å². The molecule has 0 unspecified atom stereocenters. The Morgan fingerprint density at radius 2 is 1.82 bits per heavy atom. The summed E-state index contributed by atoms with van der Waals surface area (Å²) in [4.78, 5) is 32.2. The first-order valence-corrected chi connectivity index (χ1v) is 11.4. The van der Waals surface area contributed by atoms with E-state index in [0.29, 0.717) is 19.6 Å². The van der Waals surface area contributed by atoms with Crippen LogP contribution in [0.15, 0.2) is 77.9 Å². The Balaban J connectivity index is 1.43. The van der Waals surface area contributed by atoms with Crippen LogP contribution in [0, 0.1) is 11.8 Å². The van der Waals surface area contributed by atoms with Crippen molar-refractivity contribution < 1.29 is 9.90 Å². The number of rotatable bonds is 7. The van der Waals surface area contributed by atoms with Gasteiger partial charge in [0.1, 0.15) is 0 Å². The molecular formula is C26H28N4O3. The second-order valence-electron chi connectivity index (χ2n) is 8.85. The van der Waals surface area contributed by atoms with Gasteiger partial charge < -0.3 is 15.0 Å². The first kappa shape index (κ1) is 21.6. The Morgan fingerprint density at radius 3 is 2.58 bits per heavy atom. The molecule has 1 saturated heterocycles. The molecule has 4 atom stereocenters. The highest BCUT2D eigenvalue weighted by Crippen LogP contribution is 2.49. The zero-order chi connectivity index (χ0) is 22.8. The quantitative estimate of drug-likeness (QED) is 0.580.